The highest BCUT2D eigenvalue weighted by atomic mass is 32.1. The Morgan fingerprint density at radius 2 is 2.08 bits per heavy atom. The van der Waals surface area contributed by atoms with Gasteiger partial charge in [-0.2, -0.15) is 0 Å². The fourth-order valence-electron chi connectivity index (χ4n) is 2.53. The molecule has 2 heterocycles. The van der Waals surface area contributed by atoms with Crippen LogP contribution in [0.15, 0.2) is 24.3 Å². The van der Waals surface area contributed by atoms with Crippen molar-refractivity contribution in [2.24, 2.45) is 0 Å². The highest BCUT2D eigenvalue weighted by Crippen LogP contribution is 2.27. The third-order valence-electron chi connectivity index (χ3n) is 3.92. The number of nitro benzene ring substituents is 1. The predicted molar refractivity (Wildman–Crippen MR) is 89.4 cm³/mol. The van der Waals surface area contributed by atoms with Crippen LogP contribution >= 0.6 is 11.3 Å². The smallest absolute Gasteiger partial charge is 0.372 e. The molecule has 2 aromatic rings. The third kappa shape index (κ3) is 3.44. The minimum absolute atomic E-state index is 0.0479. The first kappa shape index (κ1) is 16.5. The van der Waals surface area contributed by atoms with Crippen LogP contribution in [0, 0.1) is 10.1 Å². The van der Waals surface area contributed by atoms with Gasteiger partial charge < -0.3 is 4.74 Å². The summed E-state index contributed by atoms with van der Waals surface area (Å²) in [4.78, 5) is 30.2. The molecule has 3 rings (SSSR count). The SMILES string of the molecule is CC(C)N1CCc2nc(C(=O)Oc3ccc([N+](=O)[O-])cc3)sc2C1. The predicted octanol–water partition coefficient (Wildman–Crippen LogP) is 3.04. The molecular weight excluding hydrogens is 330 g/mol. The van der Waals surface area contributed by atoms with Crippen molar-refractivity contribution in [2.75, 3.05) is 6.54 Å². The Bertz CT molecular complexity index is 770. The zero-order valence-corrected chi connectivity index (χ0v) is 14.2. The molecule has 0 amide bonds. The maximum atomic E-state index is 12.2. The van der Waals surface area contributed by atoms with Gasteiger partial charge in [-0.05, 0) is 26.0 Å². The van der Waals surface area contributed by atoms with Crippen molar-refractivity contribution in [1.29, 1.82) is 0 Å². The van der Waals surface area contributed by atoms with Crippen molar-refractivity contribution in [3.05, 3.63) is 50.0 Å². The molecule has 7 nitrogen and oxygen atoms in total. The number of nitro groups is 1. The van der Waals surface area contributed by atoms with Crippen LogP contribution < -0.4 is 4.74 Å². The molecule has 0 radical (unpaired) electrons. The van der Waals surface area contributed by atoms with Crippen molar-refractivity contribution in [1.82, 2.24) is 9.88 Å². The van der Waals surface area contributed by atoms with E-state index in [0.29, 0.717) is 11.0 Å². The van der Waals surface area contributed by atoms with Crippen molar-refractivity contribution < 1.29 is 14.5 Å². The van der Waals surface area contributed by atoms with E-state index < -0.39 is 10.9 Å². The van der Waals surface area contributed by atoms with Gasteiger partial charge in [-0.15, -0.1) is 11.3 Å². The fourth-order valence-corrected chi connectivity index (χ4v) is 3.54. The third-order valence-corrected chi connectivity index (χ3v) is 4.99. The molecule has 0 fully saturated rings. The van der Waals surface area contributed by atoms with E-state index in [0.717, 1.165) is 30.1 Å². The number of carbonyl (C=O) groups excluding carboxylic acids is 1. The molecule has 0 bridgehead atoms. The van der Waals surface area contributed by atoms with E-state index in [1.165, 1.54) is 35.6 Å². The highest BCUT2D eigenvalue weighted by Gasteiger charge is 2.25. The number of fused-ring (bicyclic) bond motifs is 1. The molecule has 0 spiro atoms. The van der Waals surface area contributed by atoms with Gasteiger partial charge in [-0.3, -0.25) is 15.0 Å². The maximum absolute atomic E-state index is 12.2. The molecular formula is C16H17N3O4S. The number of esters is 1. The molecule has 0 unspecified atom stereocenters. The second-order valence-corrected chi connectivity index (χ2v) is 6.93. The summed E-state index contributed by atoms with van der Waals surface area (Å²) in [6, 6.07) is 5.87. The van der Waals surface area contributed by atoms with Crippen molar-refractivity contribution in [3.8, 4) is 5.75 Å². The van der Waals surface area contributed by atoms with Crippen molar-refractivity contribution in [2.45, 2.75) is 32.9 Å². The molecule has 0 aliphatic carbocycles. The molecule has 1 aliphatic rings. The van der Waals surface area contributed by atoms with Gasteiger partial charge in [-0.25, -0.2) is 9.78 Å². The van der Waals surface area contributed by atoms with Gasteiger partial charge >= 0.3 is 5.97 Å². The van der Waals surface area contributed by atoms with Crippen LogP contribution in [-0.4, -0.2) is 33.4 Å². The van der Waals surface area contributed by atoms with E-state index in [2.05, 4.69) is 23.7 Å². The normalized spacial score (nSPS) is 14.5. The average molecular weight is 347 g/mol. The van der Waals surface area contributed by atoms with E-state index in [1.807, 2.05) is 0 Å². The van der Waals surface area contributed by atoms with Crippen LogP contribution in [0.1, 0.15) is 34.2 Å². The second kappa shape index (κ2) is 6.66. The molecule has 0 saturated carbocycles. The Morgan fingerprint density at radius 3 is 2.71 bits per heavy atom. The highest BCUT2D eigenvalue weighted by molar-refractivity contribution is 7.13. The Hall–Kier alpha value is -2.32. The number of non-ortho nitro benzene ring substituents is 1. The summed E-state index contributed by atoms with van der Waals surface area (Å²) >= 11 is 1.36. The lowest BCUT2D eigenvalue weighted by Crippen LogP contribution is -2.35. The number of aromatic nitrogens is 1. The summed E-state index contributed by atoms with van der Waals surface area (Å²) in [6.07, 6.45) is 0.828. The lowest BCUT2D eigenvalue weighted by Gasteiger charge is -2.29. The fraction of sp³-hybridized carbons (Fsp3) is 0.375. The number of ether oxygens (including phenoxy) is 1. The Morgan fingerprint density at radius 1 is 1.38 bits per heavy atom. The van der Waals surface area contributed by atoms with E-state index in [1.54, 1.807) is 0 Å². The lowest BCUT2D eigenvalue weighted by molar-refractivity contribution is -0.384. The molecule has 0 N–H and O–H groups in total. The standard InChI is InChI=1S/C16H17N3O4S/c1-10(2)18-8-7-13-14(9-18)24-15(17-13)16(20)23-12-5-3-11(4-6-12)19(21)22/h3-6,10H,7-9H2,1-2H3. The molecule has 126 valence electrons. The lowest BCUT2D eigenvalue weighted by atomic mass is 10.1. The van der Waals surface area contributed by atoms with E-state index in [4.69, 9.17) is 4.74 Å². The average Bonchev–Trinajstić information content (AvgIpc) is 2.98. The number of nitrogens with zero attached hydrogens (tertiary/aromatic N) is 3. The number of carbonyl (C=O) groups is 1. The molecule has 24 heavy (non-hydrogen) atoms. The molecule has 8 heteroatoms. The quantitative estimate of drug-likeness (QED) is 0.366. The van der Waals surface area contributed by atoms with Gasteiger partial charge in [-0.1, -0.05) is 0 Å². The molecule has 1 aromatic heterocycles. The van der Waals surface area contributed by atoms with Gasteiger partial charge in [0.05, 0.1) is 10.6 Å². The van der Waals surface area contributed by atoms with Crippen LogP contribution in [0.2, 0.25) is 0 Å². The first-order chi connectivity index (χ1) is 11.4. The Kier molecular flexibility index (Phi) is 4.59. The van der Waals surface area contributed by atoms with Crippen LogP contribution in [0.25, 0.3) is 0 Å². The topological polar surface area (TPSA) is 85.6 Å². The maximum Gasteiger partial charge on any atom is 0.372 e. The summed E-state index contributed by atoms with van der Waals surface area (Å²) < 4.78 is 5.26. The number of benzene rings is 1. The van der Waals surface area contributed by atoms with Gasteiger partial charge in [0.15, 0.2) is 0 Å². The summed E-state index contributed by atoms with van der Waals surface area (Å²) in [7, 11) is 0. The van der Waals surface area contributed by atoms with Crippen LogP contribution in [-0.2, 0) is 13.0 Å². The van der Waals surface area contributed by atoms with E-state index in [9.17, 15) is 14.9 Å². The monoisotopic (exact) mass is 347 g/mol. The summed E-state index contributed by atoms with van der Waals surface area (Å²) in [5.74, 6) is -0.262. The summed E-state index contributed by atoms with van der Waals surface area (Å²) in [5.41, 5.74) is 0.917. The van der Waals surface area contributed by atoms with Crippen LogP contribution in [0.3, 0.4) is 0 Å². The van der Waals surface area contributed by atoms with Gasteiger partial charge in [0.2, 0.25) is 5.01 Å². The first-order valence-corrected chi connectivity index (χ1v) is 8.45. The molecule has 0 saturated heterocycles. The largest absolute Gasteiger partial charge is 0.421 e. The summed E-state index contributed by atoms with van der Waals surface area (Å²) in [6.45, 7) is 6.03. The zero-order valence-electron chi connectivity index (χ0n) is 13.4. The molecule has 1 aromatic carbocycles. The summed E-state index contributed by atoms with van der Waals surface area (Å²) in [5, 5.41) is 11.0. The van der Waals surface area contributed by atoms with Gasteiger partial charge in [0, 0.05) is 42.6 Å². The number of thiazole rings is 1. The second-order valence-electron chi connectivity index (χ2n) is 5.84. The minimum Gasteiger partial charge on any atom is -0.421 e. The van der Waals surface area contributed by atoms with Crippen LogP contribution in [0.5, 0.6) is 5.75 Å². The van der Waals surface area contributed by atoms with Crippen molar-refractivity contribution >= 4 is 23.0 Å². The molecule has 1 aliphatic heterocycles. The van der Waals surface area contributed by atoms with Crippen molar-refractivity contribution in [3.63, 3.8) is 0 Å². The van der Waals surface area contributed by atoms with Crippen LogP contribution in [0.4, 0.5) is 5.69 Å². The first-order valence-electron chi connectivity index (χ1n) is 7.63. The number of hydrogen-bond acceptors (Lipinski definition) is 7. The zero-order chi connectivity index (χ0) is 17.3. The van der Waals surface area contributed by atoms with E-state index in [-0.39, 0.29) is 11.4 Å². The number of hydrogen-bond donors (Lipinski definition) is 0. The Balaban J connectivity index is 1.71. The van der Waals surface area contributed by atoms with Gasteiger partial charge in [0.1, 0.15) is 5.75 Å². The number of rotatable bonds is 4. The van der Waals surface area contributed by atoms with E-state index >= 15 is 0 Å². The van der Waals surface area contributed by atoms with Gasteiger partial charge in [0.25, 0.3) is 5.69 Å². The Labute approximate surface area is 143 Å². The minimum atomic E-state index is -0.528. The molecule has 0 atom stereocenters.